The van der Waals surface area contributed by atoms with Gasteiger partial charge in [-0.15, -0.1) is 0 Å². The van der Waals surface area contributed by atoms with Gasteiger partial charge < -0.3 is 0 Å². The number of rotatable bonds is 4. The van der Waals surface area contributed by atoms with E-state index in [1.54, 1.807) is 6.92 Å². The number of halogens is 2. The van der Waals surface area contributed by atoms with Gasteiger partial charge in [-0.1, -0.05) is 0 Å². The molecule has 6 nitrogen and oxygen atoms in total. The van der Waals surface area contributed by atoms with E-state index in [2.05, 4.69) is 0 Å². The van der Waals surface area contributed by atoms with Crippen molar-refractivity contribution in [2.24, 2.45) is 23.7 Å². The first kappa shape index (κ1) is 17.2. The molecule has 0 aromatic carbocycles. The fourth-order valence-electron chi connectivity index (χ4n) is 3.78. The van der Waals surface area contributed by atoms with Gasteiger partial charge in [0.15, 0.2) is 0 Å². The minimum atomic E-state index is -0.879. The van der Waals surface area contributed by atoms with Crippen molar-refractivity contribution in [1.82, 2.24) is 0 Å². The molecule has 0 N–H and O–H groups in total. The molecule has 3 radical (unpaired) electrons. The van der Waals surface area contributed by atoms with Crippen LogP contribution < -0.4 is 21.0 Å². The third-order valence-corrected chi connectivity index (χ3v) is 10.7. The van der Waals surface area contributed by atoms with E-state index in [4.69, 9.17) is 22.1 Å². The number of hydrogen-bond donors (Lipinski definition) is 0. The summed E-state index contributed by atoms with van der Waals surface area (Å²) in [5.74, 6) is -2.34. The summed E-state index contributed by atoms with van der Waals surface area (Å²) in [6.07, 6.45) is 0.568. The SMILES string of the molecule is [B]C1(C(C)(I)C(=O)OC2=C3OC(=O)C4C3CC2C4C(=O)OC)[B][I-]1. The second kappa shape index (κ2) is 5.37. The first-order valence-corrected chi connectivity index (χ1v) is 10.8. The molecule has 0 amide bonds. The van der Waals surface area contributed by atoms with Gasteiger partial charge in [0.2, 0.25) is 0 Å². The molecule has 1 saturated carbocycles. The van der Waals surface area contributed by atoms with Crippen molar-refractivity contribution in [2.75, 3.05) is 7.11 Å². The molecular weight excluding hydrogens is 540 g/mol. The quantitative estimate of drug-likeness (QED) is 0.123. The number of allylic oxidation sites excluding steroid dienone is 2. The Hall–Kier alpha value is -0.260. The van der Waals surface area contributed by atoms with Gasteiger partial charge in [0, 0.05) is 0 Å². The van der Waals surface area contributed by atoms with E-state index in [0.717, 1.165) is 0 Å². The number of carbonyl (C=O) groups excluding carboxylic acids is 3. The van der Waals surface area contributed by atoms with Crippen LogP contribution in [0.3, 0.4) is 0 Å². The molecule has 2 aliphatic carbocycles. The molecule has 2 bridgehead atoms. The first-order chi connectivity index (χ1) is 11.2. The Morgan fingerprint density at radius 1 is 1.50 bits per heavy atom. The molecule has 6 unspecified atom stereocenters. The second-order valence-corrected chi connectivity index (χ2v) is 11.7. The molecule has 4 rings (SSSR count). The normalized spacial score (nSPS) is 41.0. The summed E-state index contributed by atoms with van der Waals surface area (Å²) in [5, 5.41) is 1.97. The van der Waals surface area contributed by atoms with Crippen molar-refractivity contribution in [2.45, 2.75) is 20.0 Å². The van der Waals surface area contributed by atoms with Crippen molar-refractivity contribution in [1.29, 1.82) is 0 Å². The molecule has 2 heterocycles. The van der Waals surface area contributed by atoms with Gasteiger partial charge >= 0.3 is 165 Å². The van der Waals surface area contributed by atoms with E-state index in [0.29, 0.717) is 17.9 Å². The topological polar surface area (TPSA) is 78.9 Å². The van der Waals surface area contributed by atoms with Gasteiger partial charge in [0.05, 0.1) is 0 Å². The fourth-order valence-corrected chi connectivity index (χ4v) is 7.19. The second-order valence-electron chi connectivity index (χ2n) is 6.55. The monoisotopic (exact) mass is 552 g/mol. The van der Waals surface area contributed by atoms with Gasteiger partial charge in [0.1, 0.15) is 0 Å². The van der Waals surface area contributed by atoms with Crippen LogP contribution in [-0.4, -0.2) is 44.6 Å². The van der Waals surface area contributed by atoms with Crippen LogP contribution in [0.5, 0.6) is 0 Å². The molecule has 4 aliphatic rings. The molecule has 10 heteroatoms. The number of esters is 3. The molecule has 2 aliphatic heterocycles. The summed E-state index contributed by atoms with van der Waals surface area (Å²) in [6.45, 7) is 1.75. The molecular formula is C14H12B2I2O6-. The van der Waals surface area contributed by atoms with E-state index in [-0.39, 0.29) is 32.8 Å². The van der Waals surface area contributed by atoms with Gasteiger partial charge in [-0.05, 0) is 0 Å². The Balaban J connectivity index is 1.63. The molecule has 2 saturated heterocycles. The Bertz CT molecular complexity index is 701. The fraction of sp³-hybridized carbons (Fsp3) is 0.643. The van der Waals surface area contributed by atoms with Crippen molar-refractivity contribution in [3.8, 4) is 0 Å². The number of methoxy groups -OCH3 is 1. The number of ether oxygens (including phenoxy) is 3. The Morgan fingerprint density at radius 2 is 2.17 bits per heavy atom. The van der Waals surface area contributed by atoms with Crippen LogP contribution in [0.4, 0.5) is 0 Å². The minimum absolute atomic E-state index is 0.193. The summed E-state index contributed by atoms with van der Waals surface area (Å²) >= 11 is 1.70. The third kappa shape index (κ3) is 2.16. The predicted octanol–water partition coefficient (Wildman–Crippen LogP) is -2.91. The zero-order valence-electron chi connectivity index (χ0n) is 12.9. The zero-order valence-corrected chi connectivity index (χ0v) is 17.2. The summed E-state index contributed by atoms with van der Waals surface area (Å²) < 4.78 is 14.3. The van der Waals surface area contributed by atoms with Crippen molar-refractivity contribution < 1.29 is 49.6 Å². The predicted molar refractivity (Wildman–Crippen MR) is 86.5 cm³/mol. The van der Waals surface area contributed by atoms with Crippen LogP contribution in [-0.2, 0) is 28.6 Å². The number of carbonyl (C=O) groups is 3. The average molecular weight is 552 g/mol. The van der Waals surface area contributed by atoms with E-state index in [1.165, 1.54) is 7.11 Å². The average Bonchev–Trinajstić information content (AvgIpc) is 2.96. The Morgan fingerprint density at radius 3 is 2.75 bits per heavy atom. The van der Waals surface area contributed by atoms with Gasteiger partial charge in [-0.25, -0.2) is 0 Å². The van der Waals surface area contributed by atoms with Crippen molar-refractivity contribution in [3.63, 3.8) is 0 Å². The van der Waals surface area contributed by atoms with Gasteiger partial charge in [-0.2, -0.15) is 0 Å². The van der Waals surface area contributed by atoms with Gasteiger partial charge in [0.25, 0.3) is 0 Å². The van der Waals surface area contributed by atoms with E-state index in [9.17, 15) is 14.4 Å². The maximum absolute atomic E-state index is 12.7. The summed E-state index contributed by atoms with van der Waals surface area (Å²) in [5.41, 5.74) is 0. The van der Waals surface area contributed by atoms with Crippen molar-refractivity contribution in [3.05, 3.63) is 11.5 Å². The molecule has 3 fully saturated rings. The number of fused-ring (bicyclic) bond motifs is 1. The van der Waals surface area contributed by atoms with Crippen LogP contribution in [0, 0.1) is 23.7 Å². The molecule has 24 heavy (non-hydrogen) atoms. The van der Waals surface area contributed by atoms with E-state index >= 15 is 0 Å². The zero-order chi connectivity index (χ0) is 17.4. The molecule has 6 atom stereocenters. The van der Waals surface area contributed by atoms with Crippen LogP contribution >= 0.6 is 22.6 Å². The third-order valence-electron chi connectivity index (χ3n) is 5.28. The van der Waals surface area contributed by atoms with E-state index < -0.39 is 36.4 Å². The summed E-state index contributed by atoms with van der Waals surface area (Å²) in [4.78, 5) is 36.9. The van der Waals surface area contributed by atoms with Crippen LogP contribution in [0.15, 0.2) is 11.5 Å². The van der Waals surface area contributed by atoms with E-state index in [1.807, 2.05) is 27.7 Å². The number of alkyl halides is 2. The number of hydrogen-bond acceptors (Lipinski definition) is 6. The van der Waals surface area contributed by atoms with Crippen LogP contribution in [0.1, 0.15) is 13.3 Å². The van der Waals surface area contributed by atoms with Gasteiger partial charge in [-0.3, -0.25) is 0 Å². The maximum atomic E-state index is 12.7. The summed E-state index contributed by atoms with van der Waals surface area (Å²) in [7, 11) is 7.47. The molecule has 125 valence electrons. The Kier molecular flexibility index (Phi) is 3.84. The molecule has 0 aromatic rings. The summed E-state index contributed by atoms with van der Waals surface area (Å²) in [6, 6.07) is 0. The van der Waals surface area contributed by atoms with Crippen LogP contribution in [0.2, 0.25) is 0 Å². The molecule has 0 spiro atoms. The van der Waals surface area contributed by atoms with Crippen LogP contribution in [0.25, 0.3) is 0 Å². The molecule has 0 aromatic heterocycles. The Labute approximate surface area is 164 Å². The van der Waals surface area contributed by atoms with Crippen molar-refractivity contribution >= 4 is 53.5 Å². The standard InChI is InChI=1S/C14H12B2I2O6/c1-13(17,14(15)16-18-14)12(21)24-9-4-3-5-7(6(4)10(19)22-2)11(20)23-8(5)9/h4-7H,3H2,1-2H3/q-1. The first-order valence-electron chi connectivity index (χ1n) is 7.44.